The van der Waals surface area contributed by atoms with Crippen LogP contribution in [-0.4, -0.2) is 56.6 Å². The summed E-state index contributed by atoms with van der Waals surface area (Å²) in [6, 6.07) is 1.94. The van der Waals surface area contributed by atoms with Gasteiger partial charge in [-0.2, -0.15) is 0 Å². The summed E-state index contributed by atoms with van der Waals surface area (Å²) in [4.78, 5) is 24.8. The van der Waals surface area contributed by atoms with Crippen LogP contribution < -0.4 is 10.6 Å². The molecule has 3 heterocycles. The average Bonchev–Trinajstić information content (AvgIpc) is 3.25. The number of pyridine rings is 1. The highest BCUT2D eigenvalue weighted by atomic mass is 16.3. The van der Waals surface area contributed by atoms with Crippen LogP contribution in [0.5, 0.6) is 5.75 Å². The lowest BCUT2D eigenvalue weighted by atomic mass is 9.91. The summed E-state index contributed by atoms with van der Waals surface area (Å²) in [5.41, 5.74) is 7.91. The third-order valence-corrected chi connectivity index (χ3v) is 6.23. The number of nitrogens with two attached hydrogens (primary N) is 1. The van der Waals surface area contributed by atoms with E-state index in [4.69, 9.17) is 5.73 Å². The summed E-state index contributed by atoms with van der Waals surface area (Å²) in [6.45, 7) is 4.00. The van der Waals surface area contributed by atoms with Gasteiger partial charge in [-0.25, -0.2) is 4.98 Å². The number of rotatable bonds is 2. The van der Waals surface area contributed by atoms with E-state index in [1.807, 2.05) is 42.3 Å². The van der Waals surface area contributed by atoms with Crippen LogP contribution >= 0.6 is 0 Å². The molecule has 146 valence electrons. The molecular weight excluding hydrogens is 354 g/mol. The Morgan fingerprint density at radius 1 is 1.36 bits per heavy atom. The number of carbonyl (C=O) groups is 1. The molecule has 0 bridgehead atoms. The Labute approximate surface area is 163 Å². The van der Waals surface area contributed by atoms with Crippen molar-refractivity contribution in [3.8, 4) is 5.75 Å². The highest BCUT2D eigenvalue weighted by Crippen LogP contribution is 2.47. The van der Waals surface area contributed by atoms with Crippen LogP contribution in [0.4, 0.5) is 5.69 Å². The number of piperazine rings is 1. The first-order valence-corrected chi connectivity index (χ1v) is 9.79. The van der Waals surface area contributed by atoms with Gasteiger partial charge in [0.15, 0.2) is 5.75 Å². The van der Waals surface area contributed by atoms with E-state index >= 15 is 0 Å². The SMILES string of the molecule is CC1(N)C=CC(C(=O)N2CCN(c3c(O)cnc4[nH]ccc34)CC23CC3)=CC1. The first kappa shape index (κ1) is 17.3. The highest BCUT2D eigenvalue weighted by Gasteiger charge is 2.53. The molecule has 7 nitrogen and oxygen atoms in total. The monoisotopic (exact) mass is 379 g/mol. The smallest absolute Gasteiger partial charge is 0.254 e. The molecule has 1 atom stereocenters. The zero-order valence-electron chi connectivity index (χ0n) is 16.0. The number of carbonyl (C=O) groups excluding carboxylic acids is 1. The summed E-state index contributed by atoms with van der Waals surface area (Å²) in [5, 5.41) is 11.4. The minimum atomic E-state index is -0.374. The molecule has 0 radical (unpaired) electrons. The highest BCUT2D eigenvalue weighted by molar-refractivity contribution is 5.98. The second-order valence-electron chi connectivity index (χ2n) is 8.54. The zero-order valence-corrected chi connectivity index (χ0v) is 16.0. The van der Waals surface area contributed by atoms with Gasteiger partial charge in [0.25, 0.3) is 5.91 Å². The van der Waals surface area contributed by atoms with E-state index < -0.39 is 0 Å². The predicted octanol–water partition coefficient (Wildman–Crippen LogP) is 2.05. The van der Waals surface area contributed by atoms with Gasteiger partial charge < -0.3 is 25.6 Å². The first-order chi connectivity index (χ1) is 13.4. The molecule has 1 saturated heterocycles. The quantitative estimate of drug-likeness (QED) is 0.742. The second kappa shape index (κ2) is 5.85. The maximum atomic E-state index is 13.2. The lowest BCUT2D eigenvalue weighted by Crippen LogP contribution is -2.57. The van der Waals surface area contributed by atoms with E-state index in [9.17, 15) is 9.90 Å². The molecule has 3 aliphatic rings. The standard InChI is InChI=1S/C21H25N5O2/c1-20(22)5-2-14(3-6-20)19(28)26-11-10-25(13-21(26)7-8-21)17-15-4-9-23-18(15)24-12-16(17)27/h2-5,9,12,27H,6-8,10-11,13,22H2,1H3,(H,23,24). The van der Waals surface area contributed by atoms with Crippen LogP contribution in [0, 0.1) is 0 Å². The van der Waals surface area contributed by atoms with E-state index in [0.29, 0.717) is 19.5 Å². The minimum Gasteiger partial charge on any atom is -0.504 e. The van der Waals surface area contributed by atoms with Gasteiger partial charge in [0.05, 0.1) is 17.4 Å². The lowest BCUT2D eigenvalue weighted by molar-refractivity contribution is -0.130. The Hall–Kier alpha value is -2.80. The van der Waals surface area contributed by atoms with Crippen LogP contribution in [0.15, 0.2) is 42.3 Å². The molecule has 1 saturated carbocycles. The molecule has 1 unspecified atom stereocenters. The van der Waals surface area contributed by atoms with Crippen LogP contribution in [0.2, 0.25) is 0 Å². The number of hydrogen-bond acceptors (Lipinski definition) is 5. The first-order valence-electron chi connectivity index (χ1n) is 9.79. The number of nitrogens with one attached hydrogen (secondary N) is 1. The summed E-state index contributed by atoms with van der Waals surface area (Å²) in [6.07, 6.45) is 11.7. The maximum Gasteiger partial charge on any atom is 0.254 e. The van der Waals surface area contributed by atoms with Crippen LogP contribution in [0.25, 0.3) is 11.0 Å². The minimum absolute atomic E-state index is 0.0923. The fraction of sp³-hybridized carbons (Fsp3) is 0.429. The number of H-pyrrole nitrogens is 1. The molecule has 5 rings (SSSR count). The molecule has 1 spiro atoms. The third kappa shape index (κ3) is 2.69. The zero-order chi connectivity index (χ0) is 19.5. The van der Waals surface area contributed by atoms with Crippen LogP contribution in [0.1, 0.15) is 26.2 Å². The van der Waals surface area contributed by atoms with E-state index in [1.54, 1.807) is 0 Å². The Balaban J connectivity index is 1.40. The molecule has 2 aromatic heterocycles. The number of aromatic hydroxyl groups is 1. The molecular formula is C21H25N5O2. The molecule has 7 heteroatoms. The van der Waals surface area contributed by atoms with Crippen molar-refractivity contribution in [3.05, 3.63) is 42.3 Å². The number of amides is 1. The Kier molecular flexibility index (Phi) is 3.61. The van der Waals surface area contributed by atoms with Gasteiger partial charge in [0.2, 0.25) is 0 Å². The Bertz CT molecular complexity index is 1010. The van der Waals surface area contributed by atoms with E-state index in [0.717, 1.165) is 41.7 Å². The number of fused-ring (bicyclic) bond motifs is 1. The third-order valence-electron chi connectivity index (χ3n) is 6.23. The van der Waals surface area contributed by atoms with Crippen molar-refractivity contribution in [1.29, 1.82) is 0 Å². The van der Waals surface area contributed by atoms with Crippen molar-refractivity contribution >= 4 is 22.6 Å². The summed E-state index contributed by atoms with van der Waals surface area (Å²) in [5.74, 6) is 0.275. The van der Waals surface area contributed by atoms with Gasteiger partial charge >= 0.3 is 0 Å². The van der Waals surface area contributed by atoms with Gasteiger partial charge in [-0.05, 0) is 32.3 Å². The number of aromatic nitrogens is 2. The van der Waals surface area contributed by atoms with E-state index in [1.165, 1.54) is 6.20 Å². The largest absolute Gasteiger partial charge is 0.504 e. The summed E-state index contributed by atoms with van der Waals surface area (Å²) >= 11 is 0. The fourth-order valence-electron chi connectivity index (χ4n) is 4.43. The molecule has 4 N–H and O–H groups in total. The summed E-state index contributed by atoms with van der Waals surface area (Å²) in [7, 11) is 0. The van der Waals surface area contributed by atoms with E-state index in [2.05, 4.69) is 14.9 Å². The van der Waals surface area contributed by atoms with Crippen molar-refractivity contribution in [1.82, 2.24) is 14.9 Å². The van der Waals surface area contributed by atoms with E-state index in [-0.39, 0.29) is 22.7 Å². The van der Waals surface area contributed by atoms with Gasteiger partial charge in [-0.3, -0.25) is 4.79 Å². The number of nitrogens with zero attached hydrogens (tertiary/aromatic N) is 3. The maximum absolute atomic E-state index is 13.2. The van der Waals surface area contributed by atoms with Crippen LogP contribution in [0.3, 0.4) is 0 Å². The number of aromatic amines is 1. The molecule has 0 aromatic carbocycles. The number of hydrogen-bond donors (Lipinski definition) is 3. The molecule has 2 aliphatic carbocycles. The lowest BCUT2D eigenvalue weighted by Gasteiger charge is -2.43. The van der Waals surface area contributed by atoms with Crippen LogP contribution in [-0.2, 0) is 4.79 Å². The van der Waals surface area contributed by atoms with Crippen molar-refractivity contribution in [2.45, 2.75) is 37.3 Å². The number of anilines is 1. The average molecular weight is 379 g/mol. The van der Waals surface area contributed by atoms with Crippen molar-refractivity contribution in [3.63, 3.8) is 0 Å². The molecule has 2 aromatic rings. The fourth-order valence-corrected chi connectivity index (χ4v) is 4.43. The molecule has 1 amide bonds. The van der Waals surface area contributed by atoms with Crippen molar-refractivity contribution < 1.29 is 9.90 Å². The second-order valence-corrected chi connectivity index (χ2v) is 8.54. The van der Waals surface area contributed by atoms with Gasteiger partial charge in [-0.1, -0.05) is 18.2 Å². The van der Waals surface area contributed by atoms with Crippen molar-refractivity contribution in [2.75, 3.05) is 24.5 Å². The topological polar surface area (TPSA) is 98.5 Å². The Morgan fingerprint density at radius 2 is 2.18 bits per heavy atom. The molecule has 1 aliphatic heterocycles. The normalized spacial score (nSPS) is 26.0. The van der Waals surface area contributed by atoms with Gasteiger partial charge in [0.1, 0.15) is 5.65 Å². The predicted molar refractivity (Wildman–Crippen MR) is 108 cm³/mol. The van der Waals surface area contributed by atoms with Crippen molar-refractivity contribution in [2.24, 2.45) is 5.73 Å². The van der Waals surface area contributed by atoms with Gasteiger partial charge in [0, 0.05) is 42.3 Å². The molecule has 2 fully saturated rings. The van der Waals surface area contributed by atoms with Gasteiger partial charge in [-0.15, -0.1) is 0 Å². The molecule has 28 heavy (non-hydrogen) atoms. The summed E-state index contributed by atoms with van der Waals surface area (Å²) < 4.78 is 0. The Morgan fingerprint density at radius 3 is 2.89 bits per heavy atom.